The minimum atomic E-state index is -0.293. The van der Waals surface area contributed by atoms with Crippen LogP contribution in [-0.2, 0) is 4.79 Å². The highest BCUT2D eigenvalue weighted by Gasteiger charge is 2.30. The number of amides is 1. The highest BCUT2D eigenvalue weighted by Crippen LogP contribution is 2.26. The number of hydrogen-bond donors (Lipinski definition) is 2. The van der Waals surface area contributed by atoms with Gasteiger partial charge in [0.1, 0.15) is 0 Å². The Bertz CT molecular complexity index is 203. The standard InChI is InChI=1S/C11H22N2O2/c1-3-13(10-4-5-10)11(15)8-12-7-6-9(2)14/h9-10,12,14H,3-8H2,1-2H3. The van der Waals surface area contributed by atoms with Crippen LogP contribution in [0.1, 0.15) is 33.1 Å². The van der Waals surface area contributed by atoms with Crippen molar-refractivity contribution in [1.29, 1.82) is 0 Å². The SMILES string of the molecule is CCN(C(=O)CNCCC(C)O)C1CC1. The van der Waals surface area contributed by atoms with Crippen LogP contribution in [0.15, 0.2) is 0 Å². The normalized spacial score (nSPS) is 17.5. The molecule has 0 spiro atoms. The van der Waals surface area contributed by atoms with E-state index in [1.807, 2.05) is 11.8 Å². The van der Waals surface area contributed by atoms with Crippen LogP contribution < -0.4 is 5.32 Å². The molecule has 1 aliphatic carbocycles. The van der Waals surface area contributed by atoms with Crippen LogP contribution in [0.5, 0.6) is 0 Å². The molecule has 0 bridgehead atoms. The van der Waals surface area contributed by atoms with E-state index in [2.05, 4.69) is 5.32 Å². The van der Waals surface area contributed by atoms with Crippen LogP contribution >= 0.6 is 0 Å². The monoisotopic (exact) mass is 214 g/mol. The van der Waals surface area contributed by atoms with Gasteiger partial charge >= 0.3 is 0 Å². The number of nitrogens with one attached hydrogen (secondary N) is 1. The summed E-state index contributed by atoms with van der Waals surface area (Å²) in [4.78, 5) is 13.6. The molecular formula is C11H22N2O2. The topological polar surface area (TPSA) is 52.6 Å². The maximum atomic E-state index is 11.7. The predicted octanol–water partition coefficient (Wildman–Crippen LogP) is 0.358. The molecule has 4 heteroatoms. The molecule has 1 unspecified atom stereocenters. The summed E-state index contributed by atoms with van der Waals surface area (Å²) in [6.07, 6.45) is 2.72. The Morgan fingerprint density at radius 3 is 2.73 bits per heavy atom. The fourth-order valence-corrected chi connectivity index (χ4v) is 1.63. The highest BCUT2D eigenvalue weighted by molar-refractivity contribution is 5.78. The van der Waals surface area contributed by atoms with Crippen molar-refractivity contribution in [3.05, 3.63) is 0 Å². The van der Waals surface area contributed by atoms with Crippen LogP contribution in [0, 0.1) is 0 Å². The number of likely N-dealkylation sites (N-methyl/N-ethyl adjacent to an activating group) is 1. The summed E-state index contributed by atoms with van der Waals surface area (Å²) < 4.78 is 0. The summed E-state index contributed by atoms with van der Waals surface area (Å²) in [5.41, 5.74) is 0. The second-order valence-corrected chi connectivity index (χ2v) is 4.23. The molecule has 15 heavy (non-hydrogen) atoms. The van der Waals surface area contributed by atoms with Gasteiger partial charge in [0.2, 0.25) is 5.91 Å². The maximum Gasteiger partial charge on any atom is 0.236 e. The Kier molecular flexibility index (Phi) is 5.05. The molecule has 0 heterocycles. The fraction of sp³-hybridized carbons (Fsp3) is 0.909. The summed E-state index contributed by atoms with van der Waals surface area (Å²) >= 11 is 0. The number of carbonyl (C=O) groups excluding carboxylic acids is 1. The zero-order valence-corrected chi connectivity index (χ0v) is 9.70. The Morgan fingerprint density at radius 2 is 2.27 bits per heavy atom. The van der Waals surface area contributed by atoms with Crippen LogP contribution in [0.25, 0.3) is 0 Å². The van der Waals surface area contributed by atoms with Gasteiger partial charge in [-0.3, -0.25) is 4.79 Å². The molecule has 0 saturated heterocycles. The lowest BCUT2D eigenvalue weighted by Crippen LogP contribution is -2.40. The van der Waals surface area contributed by atoms with E-state index in [1.54, 1.807) is 6.92 Å². The summed E-state index contributed by atoms with van der Waals surface area (Å²) in [5.74, 6) is 0.186. The molecule has 2 N–H and O–H groups in total. The van der Waals surface area contributed by atoms with Crippen LogP contribution in [-0.4, -0.2) is 47.7 Å². The quantitative estimate of drug-likeness (QED) is 0.602. The third-order valence-electron chi connectivity index (χ3n) is 2.66. The van der Waals surface area contributed by atoms with Crippen LogP contribution in [0.4, 0.5) is 0 Å². The zero-order chi connectivity index (χ0) is 11.3. The van der Waals surface area contributed by atoms with Crippen molar-refractivity contribution in [2.45, 2.75) is 45.3 Å². The molecule has 88 valence electrons. The minimum absolute atomic E-state index is 0.186. The molecule has 1 aliphatic rings. The Hall–Kier alpha value is -0.610. The number of hydrogen-bond acceptors (Lipinski definition) is 3. The van der Waals surface area contributed by atoms with Crippen molar-refractivity contribution in [1.82, 2.24) is 10.2 Å². The van der Waals surface area contributed by atoms with E-state index in [1.165, 1.54) is 0 Å². The van der Waals surface area contributed by atoms with Gasteiger partial charge in [-0.2, -0.15) is 0 Å². The molecule has 0 aliphatic heterocycles. The van der Waals surface area contributed by atoms with E-state index in [0.29, 0.717) is 25.6 Å². The Morgan fingerprint density at radius 1 is 1.60 bits per heavy atom. The molecule has 0 aromatic carbocycles. The van der Waals surface area contributed by atoms with Crippen molar-refractivity contribution in [3.8, 4) is 0 Å². The number of carbonyl (C=O) groups is 1. The van der Waals surface area contributed by atoms with Crippen molar-refractivity contribution in [3.63, 3.8) is 0 Å². The molecule has 0 aromatic rings. The van der Waals surface area contributed by atoms with Gasteiger partial charge in [-0.15, -0.1) is 0 Å². The van der Waals surface area contributed by atoms with E-state index >= 15 is 0 Å². The zero-order valence-electron chi connectivity index (χ0n) is 9.70. The third kappa shape index (κ3) is 4.62. The second-order valence-electron chi connectivity index (χ2n) is 4.23. The molecule has 0 aromatic heterocycles. The van der Waals surface area contributed by atoms with Gasteiger partial charge in [0.25, 0.3) is 0 Å². The van der Waals surface area contributed by atoms with Crippen LogP contribution in [0.3, 0.4) is 0 Å². The van der Waals surface area contributed by atoms with Gasteiger partial charge in [0, 0.05) is 12.6 Å². The summed E-state index contributed by atoms with van der Waals surface area (Å²) in [5, 5.41) is 12.1. The summed E-state index contributed by atoms with van der Waals surface area (Å²) in [7, 11) is 0. The van der Waals surface area contributed by atoms with Crippen LogP contribution in [0.2, 0.25) is 0 Å². The van der Waals surface area contributed by atoms with E-state index in [9.17, 15) is 4.79 Å². The lowest BCUT2D eigenvalue weighted by Gasteiger charge is -2.20. The van der Waals surface area contributed by atoms with Crippen molar-refractivity contribution < 1.29 is 9.90 Å². The van der Waals surface area contributed by atoms with E-state index < -0.39 is 0 Å². The number of aliphatic hydroxyl groups is 1. The first-order valence-electron chi connectivity index (χ1n) is 5.83. The Balaban J connectivity index is 2.11. The van der Waals surface area contributed by atoms with E-state index in [-0.39, 0.29) is 12.0 Å². The Labute approximate surface area is 91.6 Å². The van der Waals surface area contributed by atoms with E-state index in [4.69, 9.17) is 5.11 Å². The smallest absolute Gasteiger partial charge is 0.236 e. The van der Waals surface area contributed by atoms with Gasteiger partial charge in [-0.1, -0.05) is 0 Å². The van der Waals surface area contributed by atoms with Gasteiger partial charge in [-0.25, -0.2) is 0 Å². The molecular weight excluding hydrogens is 192 g/mol. The van der Waals surface area contributed by atoms with Gasteiger partial charge in [0.05, 0.1) is 12.6 Å². The first-order valence-corrected chi connectivity index (χ1v) is 5.83. The third-order valence-corrected chi connectivity index (χ3v) is 2.66. The maximum absolute atomic E-state index is 11.7. The molecule has 4 nitrogen and oxygen atoms in total. The largest absolute Gasteiger partial charge is 0.393 e. The first kappa shape index (κ1) is 12.5. The molecule has 1 saturated carbocycles. The number of aliphatic hydroxyl groups excluding tert-OH is 1. The van der Waals surface area contributed by atoms with Crippen molar-refractivity contribution >= 4 is 5.91 Å². The molecule has 1 fully saturated rings. The lowest BCUT2D eigenvalue weighted by molar-refractivity contribution is -0.130. The fourth-order valence-electron chi connectivity index (χ4n) is 1.63. The number of nitrogens with zero attached hydrogens (tertiary/aromatic N) is 1. The van der Waals surface area contributed by atoms with Crippen molar-refractivity contribution in [2.75, 3.05) is 19.6 Å². The second kappa shape index (κ2) is 6.08. The molecule has 1 amide bonds. The molecule has 0 radical (unpaired) electrons. The lowest BCUT2D eigenvalue weighted by atomic mass is 10.3. The molecule has 1 atom stereocenters. The highest BCUT2D eigenvalue weighted by atomic mass is 16.3. The minimum Gasteiger partial charge on any atom is -0.393 e. The van der Waals surface area contributed by atoms with E-state index in [0.717, 1.165) is 19.4 Å². The summed E-state index contributed by atoms with van der Waals surface area (Å²) in [6.45, 7) is 5.68. The number of rotatable bonds is 7. The first-order chi connectivity index (χ1) is 7.15. The van der Waals surface area contributed by atoms with Gasteiger partial charge in [0.15, 0.2) is 0 Å². The average Bonchev–Trinajstić information content (AvgIpc) is 2.97. The van der Waals surface area contributed by atoms with Gasteiger partial charge < -0.3 is 15.3 Å². The average molecular weight is 214 g/mol. The summed E-state index contributed by atoms with van der Waals surface area (Å²) in [6, 6.07) is 0.501. The van der Waals surface area contributed by atoms with Gasteiger partial charge in [-0.05, 0) is 39.7 Å². The molecule has 1 rings (SSSR count). The predicted molar refractivity (Wildman–Crippen MR) is 59.6 cm³/mol. The van der Waals surface area contributed by atoms with Crippen molar-refractivity contribution in [2.24, 2.45) is 0 Å².